The van der Waals surface area contributed by atoms with Gasteiger partial charge in [0.2, 0.25) is 0 Å². The van der Waals surface area contributed by atoms with Crippen molar-refractivity contribution in [3.8, 4) is 5.75 Å². The minimum absolute atomic E-state index is 0.000331. The number of hydrogen-bond donors (Lipinski definition) is 1. The lowest BCUT2D eigenvalue weighted by Crippen LogP contribution is -2.48. The van der Waals surface area contributed by atoms with Crippen molar-refractivity contribution in [3.63, 3.8) is 0 Å². The molecular weight excluding hydrogens is 423 g/mol. The number of anilines is 1. The number of halogens is 4. The normalized spacial score (nSPS) is 18.1. The van der Waals surface area contributed by atoms with Gasteiger partial charge in [-0.1, -0.05) is 23.2 Å². The summed E-state index contributed by atoms with van der Waals surface area (Å²) in [5, 5.41) is 11.3. The first-order valence-corrected chi connectivity index (χ1v) is 10.1. The van der Waals surface area contributed by atoms with Crippen molar-refractivity contribution >= 4 is 34.7 Å². The van der Waals surface area contributed by atoms with Gasteiger partial charge in [0.25, 0.3) is 0 Å². The Morgan fingerprint density at radius 2 is 1.76 bits per heavy atom. The number of nitrogens with zero attached hydrogens (tertiary/aromatic N) is 1. The molecule has 0 bridgehead atoms. The first-order chi connectivity index (χ1) is 13.8. The molecule has 1 heterocycles. The van der Waals surface area contributed by atoms with Crippen LogP contribution in [0.5, 0.6) is 5.75 Å². The first kappa shape index (κ1) is 20.4. The number of benzene rings is 2. The van der Waals surface area contributed by atoms with Crippen LogP contribution in [-0.4, -0.2) is 36.2 Å². The fourth-order valence-electron chi connectivity index (χ4n) is 3.99. The molecule has 0 unspecified atom stereocenters. The van der Waals surface area contributed by atoms with E-state index in [2.05, 4.69) is 0 Å². The van der Waals surface area contributed by atoms with Crippen molar-refractivity contribution in [2.24, 2.45) is 0 Å². The molecule has 0 aromatic heterocycles. The van der Waals surface area contributed by atoms with Crippen LogP contribution in [0.1, 0.15) is 35.2 Å². The quantitative estimate of drug-likeness (QED) is 0.739. The zero-order valence-electron chi connectivity index (χ0n) is 15.5. The lowest BCUT2D eigenvalue weighted by atomic mass is 9.92. The van der Waals surface area contributed by atoms with Gasteiger partial charge >= 0.3 is 0 Å². The van der Waals surface area contributed by atoms with Crippen molar-refractivity contribution in [2.45, 2.75) is 31.3 Å². The average Bonchev–Trinajstić information content (AvgIpc) is 3.05. The number of carbonyl (C=O) groups is 1. The van der Waals surface area contributed by atoms with Gasteiger partial charge in [-0.15, -0.1) is 0 Å². The molecule has 0 saturated carbocycles. The summed E-state index contributed by atoms with van der Waals surface area (Å²) in [6.45, 7) is 0.563. The number of Topliss-reactive ketones (excluding diaryl/α,β-unsaturated/α-hetero) is 1. The Morgan fingerprint density at radius 3 is 2.41 bits per heavy atom. The van der Waals surface area contributed by atoms with E-state index < -0.39 is 17.2 Å². The summed E-state index contributed by atoms with van der Waals surface area (Å²) in [5.74, 6) is -0.911. The summed E-state index contributed by atoms with van der Waals surface area (Å²) >= 11 is 11.8. The highest BCUT2D eigenvalue weighted by molar-refractivity contribution is 6.34. The molecular formula is C21H19Cl2F2NO3. The summed E-state index contributed by atoms with van der Waals surface area (Å²) < 4.78 is 34.2. The lowest BCUT2D eigenvalue weighted by Gasteiger charge is -2.39. The molecule has 154 valence electrons. The van der Waals surface area contributed by atoms with E-state index in [1.807, 2.05) is 0 Å². The molecule has 4 nitrogen and oxygen atoms in total. The molecule has 4 rings (SSSR count). The Kier molecular flexibility index (Phi) is 5.44. The zero-order chi connectivity index (χ0) is 20.8. The van der Waals surface area contributed by atoms with Crippen LogP contribution in [0.3, 0.4) is 0 Å². The third kappa shape index (κ3) is 3.93. The predicted molar refractivity (Wildman–Crippen MR) is 107 cm³/mol. The largest absolute Gasteiger partial charge is 0.490 e. The second-order valence-corrected chi connectivity index (χ2v) is 8.38. The van der Waals surface area contributed by atoms with Gasteiger partial charge in [-0.3, -0.25) is 4.79 Å². The van der Waals surface area contributed by atoms with Crippen LogP contribution in [0.25, 0.3) is 0 Å². The van der Waals surface area contributed by atoms with Crippen LogP contribution in [0, 0.1) is 11.6 Å². The number of ketones is 1. The molecule has 0 amide bonds. The van der Waals surface area contributed by atoms with E-state index in [1.54, 1.807) is 17.0 Å². The smallest absolute Gasteiger partial charge is 0.165 e. The van der Waals surface area contributed by atoms with Gasteiger partial charge in [-0.2, -0.15) is 0 Å². The second kappa shape index (κ2) is 7.74. The lowest BCUT2D eigenvalue weighted by molar-refractivity contribution is -0.0244. The van der Waals surface area contributed by atoms with E-state index in [-0.39, 0.29) is 49.0 Å². The highest BCUT2D eigenvalue weighted by Crippen LogP contribution is 2.37. The highest BCUT2D eigenvalue weighted by Gasteiger charge is 2.35. The molecule has 2 aromatic carbocycles. The molecule has 2 aliphatic rings. The minimum atomic E-state index is -1.13. The predicted octanol–water partition coefficient (Wildman–Crippen LogP) is 4.81. The number of rotatable bonds is 4. The number of fused-ring (bicyclic) bond motifs is 1. The molecule has 0 radical (unpaired) electrons. The molecule has 1 fully saturated rings. The Bertz CT molecular complexity index is 952. The Hall–Kier alpha value is -1.89. The molecule has 2 aromatic rings. The van der Waals surface area contributed by atoms with Crippen molar-refractivity contribution in [2.75, 3.05) is 24.6 Å². The number of carbonyl (C=O) groups excluding carboxylic acids is 1. The van der Waals surface area contributed by atoms with Crippen LogP contribution in [0.4, 0.5) is 14.5 Å². The van der Waals surface area contributed by atoms with E-state index in [4.69, 9.17) is 27.9 Å². The van der Waals surface area contributed by atoms with Crippen molar-refractivity contribution < 1.29 is 23.4 Å². The molecule has 8 heteroatoms. The monoisotopic (exact) mass is 441 g/mol. The van der Waals surface area contributed by atoms with Gasteiger partial charge in [0.1, 0.15) is 23.6 Å². The maximum absolute atomic E-state index is 14.2. The Morgan fingerprint density at radius 1 is 1.10 bits per heavy atom. The van der Waals surface area contributed by atoms with Crippen molar-refractivity contribution in [3.05, 3.63) is 57.1 Å². The van der Waals surface area contributed by atoms with Gasteiger partial charge in [0.15, 0.2) is 17.4 Å². The number of ether oxygens (including phenoxy) is 1. The minimum Gasteiger partial charge on any atom is -0.490 e. The number of aliphatic hydroxyl groups is 1. The van der Waals surface area contributed by atoms with Gasteiger partial charge in [-0.05, 0) is 43.5 Å². The topological polar surface area (TPSA) is 49.8 Å². The zero-order valence-corrected chi connectivity index (χ0v) is 17.0. The SMILES string of the molecule is O=C1CCc2c(OCC3(O)CCN(c4c(F)cc(Cl)cc4F)CC3)ccc(Cl)c21. The van der Waals surface area contributed by atoms with Gasteiger partial charge in [-0.25, -0.2) is 8.78 Å². The maximum atomic E-state index is 14.2. The second-order valence-electron chi connectivity index (χ2n) is 7.54. The first-order valence-electron chi connectivity index (χ1n) is 9.37. The van der Waals surface area contributed by atoms with Crippen LogP contribution in [0.2, 0.25) is 10.0 Å². The van der Waals surface area contributed by atoms with Gasteiger partial charge in [0.05, 0.1) is 5.02 Å². The van der Waals surface area contributed by atoms with Crippen molar-refractivity contribution in [1.29, 1.82) is 0 Å². The van der Waals surface area contributed by atoms with Gasteiger partial charge in [0, 0.05) is 35.7 Å². The van der Waals surface area contributed by atoms with Crippen LogP contribution in [-0.2, 0) is 6.42 Å². The maximum Gasteiger partial charge on any atom is 0.165 e. The van der Waals surface area contributed by atoms with Crippen LogP contribution >= 0.6 is 23.2 Å². The third-order valence-corrected chi connectivity index (χ3v) is 6.12. The molecule has 1 saturated heterocycles. The molecule has 1 N–H and O–H groups in total. The average molecular weight is 442 g/mol. The van der Waals surface area contributed by atoms with E-state index in [9.17, 15) is 18.7 Å². The summed E-state index contributed by atoms with van der Waals surface area (Å²) in [4.78, 5) is 13.6. The molecule has 1 aliphatic heterocycles. The molecule has 0 spiro atoms. The summed E-state index contributed by atoms with van der Waals surface area (Å²) in [6, 6.07) is 5.48. The van der Waals surface area contributed by atoms with E-state index >= 15 is 0 Å². The molecule has 0 atom stereocenters. The number of piperidine rings is 1. The Balaban J connectivity index is 1.43. The number of hydrogen-bond acceptors (Lipinski definition) is 4. The standard InChI is InChI=1S/C21H19Cl2F2NO3/c22-12-9-15(24)20(16(25)10-12)26-7-5-21(28,6-8-26)11-29-18-4-2-14(23)19-13(18)1-3-17(19)27/h2,4,9-10,28H,1,3,5-8,11H2. The highest BCUT2D eigenvalue weighted by atomic mass is 35.5. The van der Waals surface area contributed by atoms with E-state index in [0.29, 0.717) is 29.2 Å². The summed E-state index contributed by atoms with van der Waals surface area (Å²) in [6.07, 6.45) is 1.52. The fraction of sp³-hybridized carbons (Fsp3) is 0.381. The summed E-state index contributed by atoms with van der Waals surface area (Å²) in [7, 11) is 0. The van der Waals surface area contributed by atoms with Crippen molar-refractivity contribution in [1.82, 2.24) is 0 Å². The molecule has 29 heavy (non-hydrogen) atoms. The van der Waals surface area contributed by atoms with Crippen LogP contribution in [0.15, 0.2) is 24.3 Å². The summed E-state index contributed by atoms with van der Waals surface area (Å²) in [5.41, 5.74) is 0.00489. The van der Waals surface area contributed by atoms with Gasteiger partial charge < -0.3 is 14.7 Å². The van der Waals surface area contributed by atoms with E-state index in [0.717, 1.165) is 17.7 Å². The Labute approximate surface area is 177 Å². The van der Waals surface area contributed by atoms with E-state index in [1.165, 1.54) is 0 Å². The third-order valence-electron chi connectivity index (χ3n) is 5.59. The fourth-order valence-corrected chi connectivity index (χ4v) is 4.46. The van der Waals surface area contributed by atoms with Crippen LogP contribution < -0.4 is 9.64 Å². The molecule has 1 aliphatic carbocycles.